The number of tetrazole rings is 1. The van der Waals surface area contributed by atoms with Crippen molar-refractivity contribution in [3.63, 3.8) is 0 Å². The number of hydrogen-bond acceptors (Lipinski definition) is 5. The molecule has 0 spiro atoms. The van der Waals surface area contributed by atoms with Crippen LogP contribution >= 0.6 is 0 Å². The van der Waals surface area contributed by atoms with E-state index in [1.807, 2.05) is 22.9 Å². The Hall–Kier alpha value is -1.95. The molecule has 2 heterocycles. The lowest BCUT2D eigenvalue weighted by atomic mass is 10.1. The molecule has 0 saturated carbocycles. The molecule has 1 aliphatic rings. The molecule has 6 heteroatoms. The van der Waals surface area contributed by atoms with Crippen LogP contribution in [0.2, 0.25) is 0 Å². The van der Waals surface area contributed by atoms with Crippen molar-refractivity contribution >= 4 is 0 Å². The predicted molar refractivity (Wildman–Crippen MR) is 69.6 cm³/mol. The third-order valence-corrected chi connectivity index (χ3v) is 3.32. The van der Waals surface area contributed by atoms with Crippen molar-refractivity contribution < 1.29 is 4.74 Å². The van der Waals surface area contributed by atoms with Gasteiger partial charge in [-0.1, -0.05) is 18.2 Å². The van der Waals surface area contributed by atoms with Crippen molar-refractivity contribution in [1.82, 2.24) is 20.2 Å². The average molecular weight is 259 g/mol. The molecule has 1 unspecified atom stereocenters. The van der Waals surface area contributed by atoms with Gasteiger partial charge in [-0.25, -0.2) is 4.68 Å². The van der Waals surface area contributed by atoms with Crippen molar-refractivity contribution in [3.8, 4) is 5.75 Å². The molecule has 1 aromatic carbocycles. The van der Waals surface area contributed by atoms with Gasteiger partial charge in [-0.15, -0.1) is 5.10 Å². The lowest BCUT2D eigenvalue weighted by molar-refractivity contribution is 0.218. The van der Waals surface area contributed by atoms with Crippen molar-refractivity contribution in [2.75, 3.05) is 6.54 Å². The maximum Gasteiger partial charge on any atom is 0.192 e. The van der Waals surface area contributed by atoms with Crippen LogP contribution in [0.1, 0.15) is 30.3 Å². The first-order valence-electron chi connectivity index (χ1n) is 6.59. The smallest absolute Gasteiger partial charge is 0.192 e. The van der Waals surface area contributed by atoms with Gasteiger partial charge in [-0.3, -0.25) is 0 Å². The molecule has 19 heavy (non-hydrogen) atoms. The summed E-state index contributed by atoms with van der Waals surface area (Å²) in [6.45, 7) is 1.48. The summed E-state index contributed by atoms with van der Waals surface area (Å²) in [6, 6.07) is 8.07. The zero-order chi connectivity index (χ0) is 13.1. The van der Waals surface area contributed by atoms with E-state index in [2.05, 4.69) is 21.6 Å². The van der Waals surface area contributed by atoms with Crippen LogP contribution in [0.4, 0.5) is 0 Å². The first kappa shape index (κ1) is 12.1. The lowest BCUT2D eigenvalue weighted by Gasteiger charge is -2.10. The predicted octanol–water partition coefficient (Wildman–Crippen LogP) is 1.09. The second-order valence-electron chi connectivity index (χ2n) is 4.67. The molecule has 0 bridgehead atoms. The molecule has 6 nitrogen and oxygen atoms in total. The summed E-state index contributed by atoms with van der Waals surface area (Å²) in [6.07, 6.45) is 2.71. The van der Waals surface area contributed by atoms with Crippen LogP contribution < -0.4 is 10.5 Å². The van der Waals surface area contributed by atoms with E-state index in [0.29, 0.717) is 6.54 Å². The third-order valence-electron chi connectivity index (χ3n) is 3.32. The van der Waals surface area contributed by atoms with Gasteiger partial charge in [0.05, 0.1) is 0 Å². The number of ether oxygens (including phenoxy) is 1. The van der Waals surface area contributed by atoms with E-state index in [1.54, 1.807) is 0 Å². The number of aryl methyl sites for hydroxylation is 1. The van der Waals surface area contributed by atoms with Gasteiger partial charge < -0.3 is 10.5 Å². The Balaban J connectivity index is 1.73. The average Bonchev–Trinajstić information content (AvgIpc) is 3.04. The number of nitrogens with zero attached hydrogens (tertiary/aromatic N) is 4. The molecule has 0 radical (unpaired) electrons. The van der Waals surface area contributed by atoms with Crippen LogP contribution in [0.25, 0.3) is 0 Å². The fourth-order valence-electron chi connectivity index (χ4n) is 2.33. The monoisotopic (exact) mass is 259 g/mol. The zero-order valence-corrected chi connectivity index (χ0v) is 10.7. The van der Waals surface area contributed by atoms with Gasteiger partial charge in [-0.2, -0.15) is 0 Å². The Kier molecular flexibility index (Phi) is 3.41. The number of para-hydroxylation sites is 1. The summed E-state index contributed by atoms with van der Waals surface area (Å²) in [5.41, 5.74) is 6.71. The number of unbranched alkanes of at least 4 members (excludes halogenated alkanes) is 1. The molecule has 0 fully saturated rings. The Morgan fingerprint density at radius 1 is 1.32 bits per heavy atom. The van der Waals surface area contributed by atoms with E-state index in [4.69, 9.17) is 10.5 Å². The summed E-state index contributed by atoms with van der Waals surface area (Å²) in [5.74, 6) is 1.73. The van der Waals surface area contributed by atoms with Gasteiger partial charge in [0.1, 0.15) is 5.75 Å². The van der Waals surface area contributed by atoms with Gasteiger partial charge in [0.2, 0.25) is 0 Å². The lowest BCUT2D eigenvalue weighted by Crippen LogP contribution is -2.14. The fraction of sp³-hybridized carbons (Fsp3) is 0.462. The number of benzene rings is 1. The minimum Gasteiger partial charge on any atom is -0.482 e. The maximum absolute atomic E-state index is 5.91. The molecular weight excluding hydrogens is 242 g/mol. The standard InChI is InChI=1S/C13H17N5O/c14-7-3-4-8-18-13(15-16-17-18)12-9-10-5-1-2-6-11(10)19-12/h1-2,5-6,12H,3-4,7-9,14H2. The Labute approximate surface area is 111 Å². The van der Waals surface area contributed by atoms with Crippen LogP contribution in [-0.2, 0) is 13.0 Å². The van der Waals surface area contributed by atoms with Crippen LogP contribution in [0, 0.1) is 0 Å². The van der Waals surface area contributed by atoms with E-state index < -0.39 is 0 Å². The topological polar surface area (TPSA) is 78.9 Å². The molecular formula is C13H17N5O. The molecule has 0 saturated heterocycles. The maximum atomic E-state index is 5.91. The van der Waals surface area contributed by atoms with Crippen LogP contribution in [0.15, 0.2) is 24.3 Å². The van der Waals surface area contributed by atoms with Crippen molar-refractivity contribution in [2.45, 2.75) is 31.9 Å². The van der Waals surface area contributed by atoms with E-state index in [-0.39, 0.29) is 6.10 Å². The van der Waals surface area contributed by atoms with Crippen molar-refractivity contribution in [1.29, 1.82) is 0 Å². The van der Waals surface area contributed by atoms with Gasteiger partial charge in [0.15, 0.2) is 11.9 Å². The van der Waals surface area contributed by atoms with Gasteiger partial charge in [0, 0.05) is 13.0 Å². The number of nitrogens with two attached hydrogens (primary N) is 1. The number of rotatable bonds is 5. The number of aromatic nitrogens is 4. The number of fused-ring (bicyclic) bond motifs is 1. The molecule has 0 aliphatic carbocycles. The minimum atomic E-state index is -0.0784. The largest absolute Gasteiger partial charge is 0.482 e. The summed E-state index contributed by atoms with van der Waals surface area (Å²) < 4.78 is 7.74. The van der Waals surface area contributed by atoms with Crippen LogP contribution in [0.3, 0.4) is 0 Å². The quantitative estimate of drug-likeness (QED) is 0.813. The summed E-state index contributed by atoms with van der Waals surface area (Å²) >= 11 is 0. The van der Waals surface area contributed by atoms with Crippen LogP contribution in [-0.4, -0.2) is 26.8 Å². The summed E-state index contributed by atoms with van der Waals surface area (Å²) in [5, 5.41) is 11.9. The molecule has 3 rings (SSSR count). The van der Waals surface area contributed by atoms with Crippen molar-refractivity contribution in [3.05, 3.63) is 35.7 Å². The highest BCUT2D eigenvalue weighted by Gasteiger charge is 2.28. The van der Waals surface area contributed by atoms with E-state index in [9.17, 15) is 0 Å². The first-order valence-corrected chi connectivity index (χ1v) is 6.59. The number of hydrogen-bond donors (Lipinski definition) is 1. The molecule has 1 aliphatic heterocycles. The molecule has 100 valence electrons. The molecule has 1 aromatic heterocycles. The Morgan fingerprint density at radius 2 is 2.21 bits per heavy atom. The fourth-order valence-corrected chi connectivity index (χ4v) is 2.33. The molecule has 2 aromatic rings. The Bertz CT molecular complexity index is 528. The first-order chi connectivity index (χ1) is 9.38. The highest BCUT2D eigenvalue weighted by Crippen LogP contribution is 2.35. The van der Waals surface area contributed by atoms with Gasteiger partial charge >= 0.3 is 0 Å². The third kappa shape index (κ3) is 2.44. The van der Waals surface area contributed by atoms with Crippen LogP contribution in [0.5, 0.6) is 5.75 Å². The normalized spacial score (nSPS) is 17.2. The van der Waals surface area contributed by atoms with E-state index in [0.717, 1.165) is 37.4 Å². The second kappa shape index (κ2) is 5.36. The molecule has 1 atom stereocenters. The van der Waals surface area contributed by atoms with Crippen molar-refractivity contribution in [2.24, 2.45) is 5.73 Å². The highest BCUT2D eigenvalue weighted by atomic mass is 16.5. The second-order valence-corrected chi connectivity index (χ2v) is 4.67. The van der Waals surface area contributed by atoms with Gasteiger partial charge in [-0.05, 0) is 41.4 Å². The van der Waals surface area contributed by atoms with Gasteiger partial charge in [0.25, 0.3) is 0 Å². The summed E-state index contributed by atoms with van der Waals surface area (Å²) in [7, 11) is 0. The van der Waals surface area contributed by atoms with E-state index >= 15 is 0 Å². The highest BCUT2D eigenvalue weighted by molar-refractivity contribution is 5.37. The molecule has 2 N–H and O–H groups in total. The zero-order valence-electron chi connectivity index (χ0n) is 10.7. The Morgan fingerprint density at radius 3 is 3.05 bits per heavy atom. The van der Waals surface area contributed by atoms with E-state index in [1.165, 1.54) is 5.56 Å². The SMILES string of the molecule is NCCCCn1nnnc1C1Cc2ccccc2O1. The molecule has 0 amide bonds. The minimum absolute atomic E-state index is 0.0784. The summed E-state index contributed by atoms with van der Waals surface area (Å²) in [4.78, 5) is 0.